The summed E-state index contributed by atoms with van der Waals surface area (Å²) in [7, 11) is 0. The van der Waals surface area contributed by atoms with Crippen molar-refractivity contribution in [1.82, 2.24) is 20.4 Å². The first-order valence-corrected chi connectivity index (χ1v) is 8.95. The van der Waals surface area contributed by atoms with Crippen molar-refractivity contribution >= 4 is 11.8 Å². The molecule has 0 unspecified atom stereocenters. The van der Waals surface area contributed by atoms with E-state index in [1.807, 2.05) is 30.3 Å². The number of H-pyrrole nitrogens is 1. The molecule has 0 spiro atoms. The number of aromatic nitrogens is 2. The van der Waals surface area contributed by atoms with Gasteiger partial charge in [0.05, 0.1) is 12.0 Å². The average molecular weight is 364 g/mol. The standard InChI is InChI=1S/C20H20N4O3/c25-19(17-13-16(22-23-17)14-5-2-1-3-6-14)21-15-8-10-24(11-9-15)20(26)18-7-4-12-27-18/h1-7,12-13,15H,8-11H2,(H,21,25)(H,22,23). The Kier molecular flexibility index (Phi) is 4.74. The second-order valence-electron chi connectivity index (χ2n) is 6.55. The van der Waals surface area contributed by atoms with Gasteiger partial charge < -0.3 is 14.6 Å². The molecule has 4 rings (SSSR count). The summed E-state index contributed by atoms with van der Waals surface area (Å²) < 4.78 is 5.16. The Balaban J connectivity index is 1.32. The first kappa shape index (κ1) is 17.1. The smallest absolute Gasteiger partial charge is 0.289 e. The number of likely N-dealkylation sites (tertiary alicyclic amines) is 1. The van der Waals surface area contributed by atoms with E-state index >= 15 is 0 Å². The second kappa shape index (κ2) is 7.49. The van der Waals surface area contributed by atoms with Gasteiger partial charge >= 0.3 is 0 Å². The molecule has 1 fully saturated rings. The highest BCUT2D eigenvalue weighted by Crippen LogP contribution is 2.18. The maximum Gasteiger partial charge on any atom is 0.289 e. The van der Waals surface area contributed by atoms with E-state index in [4.69, 9.17) is 4.42 Å². The highest BCUT2D eigenvalue weighted by Gasteiger charge is 2.26. The summed E-state index contributed by atoms with van der Waals surface area (Å²) in [6.45, 7) is 1.17. The van der Waals surface area contributed by atoms with Crippen molar-refractivity contribution in [3.8, 4) is 11.3 Å². The van der Waals surface area contributed by atoms with Gasteiger partial charge in [0.25, 0.3) is 11.8 Å². The molecule has 1 aliphatic heterocycles. The molecule has 138 valence electrons. The summed E-state index contributed by atoms with van der Waals surface area (Å²) in [6.07, 6.45) is 2.91. The van der Waals surface area contributed by atoms with E-state index in [-0.39, 0.29) is 17.9 Å². The predicted octanol–water partition coefficient (Wildman–Crippen LogP) is 2.70. The largest absolute Gasteiger partial charge is 0.459 e. The lowest BCUT2D eigenvalue weighted by atomic mass is 10.0. The number of nitrogens with zero attached hydrogens (tertiary/aromatic N) is 2. The van der Waals surface area contributed by atoms with Crippen LogP contribution in [0.25, 0.3) is 11.3 Å². The molecule has 3 heterocycles. The number of carbonyl (C=O) groups is 2. The fourth-order valence-corrected chi connectivity index (χ4v) is 3.24. The number of furan rings is 1. The normalized spacial score (nSPS) is 14.9. The lowest BCUT2D eigenvalue weighted by Gasteiger charge is -2.31. The summed E-state index contributed by atoms with van der Waals surface area (Å²) in [5, 5.41) is 10.0. The maximum absolute atomic E-state index is 12.5. The first-order chi connectivity index (χ1) is 13.2. The van der Waals surface area contributed by atoms with Crippen LogP contribution in [0.3, 0.4) is 0 Å². The van der Waals surface area contributed by atoms with Gasteiger partial charge in [-0.25, -0.2) is 0 Å². The van der Waals surface area contributed by atoms with Crippen LogP contribution in [0.5, 0.6) is 0 Å². The zero-order chi connectivity index (χ0) is 18.6. The quantitative estimate of drug-likeness (QED) is 0.745. The molecule has 2 amide bonds. The Hall–Kier alpha value is -3.35. The maximum atomic E-state index is 12.5. The van der Waals surface area contributed by atoms with Crippen molar-refractivity contribution in [3.63, 3.8) is 0 Å². The van der Waals surface area contributed by atoms with Crippen molar-refractivity contribution in [2.75, 3.05) is 13.1 Å². The number of carbonyl (C=O) groups excluding carboxylic acids is 2. The van der Waals surface area contributed by atoms with Crippen LogP contribution in [0.2, 0.25) is 0 Å². The predicted molar refractivity (Wildman–Crippen MR) is 99.1 cm³/mol. The number of piperidine rings is 1. The van der Waals surface area contributed by atoms with Gasteiger partial charge in [-0.1, -0.05) is 30.3 Å². The Bertz CT molecular complexity index is 910. The van der Waals surface area contributed by atoms with Gasteiger partial charge in [-0.15, -0.1) is 0 Å². The molecule has 2 N–H and O–H groups in total. The highest BCUT2D eigenvalue weighted by atomic mass is 16.3. The molecular weight excluding hydrogens is 344 g/mol. The molecule has 0 bridgehead atoms. The zero-order valence-corrected chi connectivity index (χ0v) is 14.7. The summed E-state index contributed by atoms with van der Waals surface area (Å²) in [4.78, 5) is 26.5. The van der Waals surface area contributed by atoms with Crippen LogP contribution in [0, 0.1) is 0 Å². The Morgan fingerprint density at radius 1 is 1.11 bits per heavy atom. The van der Waals surface area contributed by atoms with Crippen molar-refractivity contribution < 1.29 is 14.0 Å². The van der Waals surface area contributed by atoms with E-state index in [1.165, 1.54) is 6.26 Å². The van der Waals surface area contributed by atoms with Crippen LogP contribution < -0.4 is 5.32 Å². The van der Waals surface area contributed by atoms with E-state index < -0.39 is 0 Å². The van der Waals surface area contributed by atoms with Gasteiger partial charge in [0, 0.05) is 24.7 Å². The van der Waals surface area contributed by atoms with E-state index in [2.05, 4.69) is 15.5 Å². The summed E-state index contributed by atoms with van der Waals surface area (Å²) in [5.41, 5.74) is 2.13. The molecule has 27 heavy (non-hydrogen) atoms. The van der Waals surface area contributed by atoms with E-state index in [0.717, 1.165) is 11.3 Å². The van der Waals surface area contributed by atoms with Crippen LogP contribution in [0.4, 0.5) is 0 Å². The molecule has 0 atom stereocenters. The van der Waals surface area contributed by atoms with Crippen LogP contribution >= 0.6 is 0 Å². The third-order valence-corrected chi connectivity index (χ3v) is 4.74. The summed E-state index contributed by atoms with van der Waals surface area (Å²) >= 11 is 0. The second-order valence-corrected chi connectivity index (χ2v) is 6.55. The molecule has 0 saturated carbocycles. The van der Waals surface area contributed by atoms with Crippen molar-refractivity contribution in [2.45, 2.75) is 18.9 Å². The minimum Gasteiger partial charge on any atom is -0.459 e. The van der Waals surface area contributed by atoms with Crippen LogP contribution in [-0.2, 0) is 0 Å². The molecule has 7 nitrogen and oxygen atoms in total. The van der Waals surface area contributed by atoms with E-state index in [1.54, 1.807) is 23.1 Å². The number of aromatic amines is 1. The molecule has 7 heteroatoms. The number of benzene rings is 1. The summed E-state index contributed by atoms with van der Waals surface area (Å²) in [5.74, 6) is 0.0646. The molecule has 3 aromatic rings. The molecule has 1 saturated heterocycles. The van der Waals surface area contributed by atoms with Gasteiger partial charge in [0.1, 0.15) is 5.69 Å². The molecule has 1 aromatic carbocycles. The van der Waals surface area contributed by atoms with Crippen LogP contribution in [0.15, 0.2) is 59.2 Å². The van der Waals surface area contributed by atoms with Crippen molar-refractivity contribution in [2.24, 2.45) is 0 Å². The van der Waals surface area contributed by atoms with Crippen LogP contribution in [0.1, 0.15) is 33.9 Å². The van der Waals surface area contributed by atoms with Crippen molar-refractivity contribution in [1.29, 1.82) is 0 Å². The third kappa shape index (κ3) is 3.76. The monoisotopic (exact) mass is 364 g/mol. The first-order valence-electron chi connectivity index (χ1n) is 8.95. The SMILES string of the molecule is O=C(NC1CCN(C(=O)c2ccco2)CC1)c1cc(-c2ccccc2)n[nH]1. The molecular formula is C20H20N4O3. The lowest BCUT2D eigenvalue weighted by molar-refractivity contribution is 0.0667. The van der Waals surface area contributed by atoms with E-state index in [0.29, 0.717) is 37.4 Å². The minimum atomic E-state index is -0.180. The molecule has 0 radical (unpaired) electrons. The molecule has 1 aliphatic rings. The minimum absolute atomic E-state index is 0.0293. The van der Waals surface area contributed by atoms with Gasteiger partial charge in [0.2, 0.25) is 0 Å². The zero-order valence-electron chi connectivity index (χ0n) is 14.7. The average Bonchev–Trinajstić information content (AvgIpc) is 3.41. The van der Waals surface area contributed by atoms with Crippen LogP contribution in [-0.4, -0.2) is 46.0 Å². The lowest BCUT2D eigenvalue weighted by Crippen LogP contribution is -2.46. The van der Waals surface area contributed by atoms with Gasteiger partial charge in [-0.05, 0) is 31.0 Å². The molecule has 2 aromatic heterocycles. The third-order valence-electron chi connectivity index (χ3n) is 4.74. The Labute approximate surface area is 156 Å². The fraction of sp³-hybridized carbons (Fsp3) is 0.250. The fourth-order valence-electron chi connectivity index (χ4n) is 3.24. The van der Waals surface area contributed by atoms with Gasteiger partial charge in [0.15, 0.2) is 5.76 Å². The number of rotatable bonds is 4. The number of nitrogens with one attached hydrogen (secondary N) is 2. The van der Waals surface area contributed by atoms with E-state index in [9.17, 15) is 9.59 Å². The van der Waals surface area contributed by atoms with Gasteiger partial charge in [-0.2, -0.15) is 5.10 Å². The highest BCUT2D eigenvalue weighted by molar-refractivity contribution is 5.93. The topological polar surface area (TPSA) is 91.2 Å². The Morgan fingerprint density at radius 3 is 2.59 bits per heavy atom. The summed E-state index contributed by atoms with van der Waals surface area (Å²) in [6, 6.07) is 14.8. The number of hydrogen-bond donors (Lipinski definition) is 2. The number of amides is 2. The van der Waals surface area contributed by atoms with Crippen molar-refractivity contribution in [3.05, 3.63) is 66.2 Å². The molecule has 0 aliphatic carbocycles. The van der Waals surface area contributed by atoms with Gasteiger partial charge in [-0.3, -0.25) is 14.7 Å². The number of hydrogen-bond acceptors (Lipinski definition) is 4. The Morgan fingerprint density at radius 2 is 1.89 bits per heavy atom.